The van der Waals surface area contributed by atoms with E-state index in [2.05, 4.69) is 5.32 Å². The monoisotopic (exact) mass is 358 g/mol. The fraction of sp³-hybridized carbons (Fsp3) is 0.812. The van der Waals surface area contributed by atoms with Crippen molar-refractivity contribution in [3.63, 3.8) is 0 Å². The number of piperidine rings is 1. The maximum absolute atomic E-state index is 12.6. The molecule has 0 bridgehead atoms. The third-order valence-electron chi connectivity index (χ3n) is 5.66. The Morgan fingerprint density at radius 3 is 2.50 bits per heavy atom. The van der Waals surface area contributed by atoms with E-state index in [4.69, 9.17) is 5.73 Å². The Balaban J connectivity index is 0.00000208. The van der Waals surface area contributed by atoms with E-state index in [1.54, 1.807) is 4.90 Å². The number of hydrogen-bond acceptors (Lipinski definition) is 4. The van der Waals surface area contributed by atoms with Gasteiger partial charge in [-0.3, -0.25) is 14.5 Å². The van der Waals surface area contributed by atoms with Crippen molar-refractivity contribution in [1.29, 1.82) is 0 Å². The van der Waals surface area contributed by atoms with Gasteiger partial charge in [-0.25, -0.2) is 4.79 Å². The van der Waals surface area contributed by atoms with Crippen LogP contribution in [0, 0.1) is 5.41 Å². The second-order valence-corrected chi connectivity index (χ2v) is 7.81. The fourth-order valence-electron chi connectivity index (χ4n) is 3.96. The number of hydrogen-bond donors (Lipinski definition) is 2. The van der Waals surface area contributed by atoms with Crippen LogP contribution < -0.4 is 11.1 Å². The molecular weight excluding hydrogens is 332 g/mol. The minimum Gasteiger partial charge on any atom is -0.340 e. The van der Waals surface area contributed by atoms with Gasteiger partial charge in [0.2, 0.25) is 5.91 Å². The van der Waals surface area contributed by atoms with Crippen LogP contribution >= 0.6 is 12.4 Å². The van der Waals surface area contributed by atoms with Gasteiger partial charge in [-0.2, -0.15) is 0 Å². The zero-order valence-electron chi connectivity index (χ0n) is 14.3. The van der Waals surface area contributed by atoms with Crippen LogP contribution in [0.3, 0.4) is 0 Å². The van der Waals surface area contributed by atoms with Gasteiger partial charge in [0.15, 0.2) is 0 Å². The highest BCUT2D eigenvalue weighted by molar-refractivity contribution is 6.09. The number of nitrogens with zero attached hydrogens (tertiary/aromatic N) is 2. The zero-order valence-corrected chi connectivity index (χ0v) is 15.2. The molecule has 8 heteroatoms. The van der Waals surface area contributed by atoms with E-state index >= 15 is 0 Å². The summed E-state index contributed by atoms with van der Waals surface area (Å²) in [6.07, 6.45) is 3.96. The van der Waals surface area contributed by atoms with Crippen molar-refractivity contribution < 1.29 is 14.4 Å². The first kappa shape index (κ1) is 19.0. The molecule has 1 aliphatic carbocycles. The Kier molecular flexibility index (Phi) is 5.16. The van der Waals surface area contributed by atoms with E-state index in [1.807, 2.05) is 13.8 Å². The SMILES string of the molecule is CC1(C)CN(C(=O)CN2C(=O)NC3(CCCC3)C2=O)CCC1N.Cl. The molecule has 4 amide bonds. The molecule has 2 heterocycles. The Labute approximate surface area is 148 Å². The number of nitrogens with two attached hydrogens (primary N) is 1. The van der Waals surface area contributed by atoms with Gasteiger partial charge < -0.3 is 16.0 Å². The molecule has 0 aromatic carbocycles. The largest absolute Gasteiger partial charge is 0.340 e. The molecule has 0 aromatic heterocycles. The van der Waals surface area contributed by atoms with Gasteiger partial charge in [-0.15, -0.1) is 12.4 Å². The number of amides is 4. The van der Waals surface area contributed by atoms with Crippen LogP contribution in [0.1, 0.15) is 46.0 Å². The van der Waals surface area contributed by atoms with Crippen LogP contribution in [0.4, 0.5) is 4.79 Å². The summed E-state index contributed by atoms with van der Waals surface area (Å²) in [6.45, 7) is 5.05. The molecule has 0 aromatic rings. The summed E-state index contributed by atoms with van der Waals surface area (Å²) < 4.78 is 0. The number of imide groups is 1. The van der Waals surface area contributed by atoms with Crippen molar-refractivity contribution in [2.24, 2.45) is 11.1 Å². The third kappa shape index (κ3) is 3.11. The highest BCUT2D eigenvalue weighted by Gasteiger charge is 2.53. The summed E-state index contributed by atoms with van der Waals surface area (Å²) in [5, 5.41) is 2.81. The van der Waals surface area contributed by atoms with Crippen molar-refractivity contribution in [3.05, 3.63) is 0 Å². The van der Waals surface area contributed by atoms with Crippen molar-refractivity contribution in [2.75, 3.05) is 19.6 Å². The van der Waals surface area contributed by atoms with Crippen molar-refractivity contribution in [3.8, 4) is 0 Å². The maximum Gasteiger partial charge on any atom is 0.325 e. The highest BCUT2D eigenvalue weighted by Crippen LogP contribution is 2.35. The van der Waals surface area contributed by atoms with Crippen LogP contribution in [0.15, 0.2) is 0 Å². The highest BCUT2D eigenvalue weighted by atomic mass is 35.5. The molecule has 0 radical (unpaired) electrons. The standard InChI is InChI=1S/C16H26N4O3.ClH/c1-15(2)10-19(8-5-11(15)17)12(21)9-20-13(22)16(18-14(20)23)6-3-4-7-16;/h11H,3-10,17H2,1-2H3,(H,18,23);1H. The van der Waals surface area contributed by atoms with E-state index in [0.717, 1.165) is 24.2 Å². The van der Waals surface area contributed by atoms with Crippen molar-refractivity contribution in [1.82, 2.24) is 15.1 Å². The molecule has 1 spiro atoms. The van der Waals surface area contributed by atoms with E-state index in [9.17, 15) is 14.4 Å². The Hall–Kier alpha value is -1.34. The molecule has 136 valence electrons. The zero-order chi connectivity index (χ0) is 16.8. The number of halogens is 1. The number of urea groups is 1. The number of carbonyl (C=O) groups is 3. The van der Waals surface area contributed by atoms with E-state index in [0.29, 0.717) is 25.9 Å². The molecule has 1 atom stereocenters. The van der Waals surface area contributed by atoms with Gasteiger partial charge in [-0.1, -0.05) is 26.7 Å². The summed E-state index contributed by atoms with van der Waals surface area (Å²) in [7, 11) is 0. The molecule has 24 heavy (non-hydrogen) atoms. The molecule has 2 saturated heterocycles. The van der Waals surface area contributed by atoms with Crippen LogP contribution in [0.25, 0.3) is 0 Å². The van der Waals surface area contributed by atoms with E-state index < -0.39 is 11.6 Å². The Morgan fingerprint density at radius 1 is 1.29 bits per heavy atom. The molecule has 1 saturated carbocycles. The quantitative estimate of drug-likeness (QED) is 0.715. The maximum atomic E-state index is 12.6. The van der Waals surface area contributed by atoms with Gasteiger partial charge in [0.25, 0.3) is 5.91 Å². The van der Waals surface area contributed by atoms with Crippen LogP contribution in [0.2, 0.25) is 0 Å². The number of rotatable bonds is 2. The number of carbonyl (C=O) groups excluding carboxylic acids is 3. The van der Waals surface area contributed by atoms with Crippen molar-refractivity contribution in [2.45, 2.75) is 57.5 Å². The van der Waals surface area contributed by atoms with Crippen LogP contribution in [-0.4, -0.2) is 58.9 Å². The minimum atomic E-state index is -0.749. The van der Waals surface area contributed by atoms with Crippen molar-refractivity contribution >= 4 is 30.3 Å². The molecule has 3 N–H and O–H groups in total. The van der Waals surface area contributed by atoms with Gasteiger partial charge in [0, 0.05) is 19.1 Å². The van der Waals surface area contributed by atoms with E-state index in [1.165, 1.54) is 0 Å². The lowest BCUT2D eigenvalue weighted by molar-refractivity contribution is -0.140. The van der Waals surface area contributed by atoms with Gasteiger partial charge in [0.05, 0.1) is 0 Å². The third-order valence-corrected chi connectivity index (χ3v) is 5.66. The van der Waals surface area contributed by atoms with Gasteiger partial charge >= 0.3 is 6.03 Å². The normalized spacial score (nSPS) is 28.0. The first-order valence-electron chi connectivity index (χ1n) is 8.43. The average molecular weight is 359 g/mol. The molecule has 3 aliphatic rings. The molecule has 1 unspecified atom stereocenters. The molecule has 7 nitrogen and oxygen atoms in total. The molecule has 3 rings (SSSR count). The Bertz CT molecular complexity index is 545. The van der Waals surface area contributed by atoms with Crippen LogP contribution in [-0.2, 0) is 9.59 Å². The lowest BCUT2D eigenvalue weighted by atomic mass is 9.79. The van der Waals surface area contributed by atoms with Gasteiger partial charge in [-0.05, 0) is 24.7 Å². The first-order valence-corrected chi connectivity index (χ1v) is 8.43. The van der Waals surface area contributed by atoms with Gasteiger partial charge in [0.1, 0.15) is 12.1 Å². The fourth-order valence-corrected chi connectivity index (χ4v) is 3.96. The molecular formula is C16H27ClN4O3. The first-order chi connectivity index (χ1) is 10.8. The lowest BCUT2D eigenvalue weighted by Gasteiger charge is -2.42. The number of likely N-dealkylation sites (tertiary alicyclic amines) is 1. The summed E-state index contributed by atoms with van der Waals surface area (Å²) in [4.78, 5) is 40.1. The Morgan fingerprint density at radius 2 is 1.92 bits per heavy atom. The molecule has 3 fully saturated rings. The molecule has 2 aliphatic heterocycles. The summed E-state index contributed by atoms with van der Waals surface area (Å²) in [6, 6.07) is -0.372. The van der Waals surface area contributed by atoms with E-state index in [-0.39, 0.29) is 42.2 Å². The summed E-state index contributed by atoms with van der Waals surface area (Å²) in [5.74, 6) is -0.412. The summed E-state index contributed by atoms with van der Waals surface area (Å²) >= 11 is 0. The summed E-state index contributed by atoms with van der Waals surface area (Å²) in [5.41, 5.74) is 5.19. The topological polar surface area (TPSA) is 95.7 Å². The predicted octanol–water partition coefficient (Wildman–Crippen LogP) is 0.859. The van der Waals surface area contributed by atoms with Crippen LogP contribution in [0.5, 0.6) is 0 Å². The predicted molar refractivity (Wildman–Crippen MR) is 91.6 cm³/mol. The number of nitrogens with one attached hydrogen (secondary N) is 1. The smallest absolute Gasteiger partial charge is 0.325 e. The second kappa shape index (κ2) is 6.52. The lowest BCUT2D eigenvalue weighted by Crippen LogP contribution is -2.56. The minimum absolute atomic E-state index is 0. The average Bonchev–Trinajstić information content (AvgIpc) is 3.03. The second-order valence-electron chi connectivity index (χ2n) is 7.81.